The Hall–Kier alpha value is -1.32. The minimum absolute atomic E-state index is 1.23. The summed E-state index contributed by atoms with van der Waals surface area (Å²) in [5.41, 5.74) is 5.14. The van der Waals surface area contributed by atoms with Gasteiger partial charge in [0.25, 0.3) is 0 Å². The highest BCUT2D eigenvalue weighted by Crippen LogP contribution is 2.37. The summed E-state index contributed by atoms with van der Waals surface area (Å²) in [5, 5.41) is 0. The van der Waals surface area contributed by atoms with Crippen LogP contribution < -0.4 is 4.90 Å². The zero-order valence-electron chi connectivity index (χ0n) is 13.1. The fourth-order valence-electron chi connectivity index (χ4n) is 2.48. The van der Waals surface area contributed by atoms with Crippen LogP contribution in [0.25, 0.3) is 17.2 Å². The van der Waals surface area contributed by atoms with Crippen molar-refractivity contribution < 1.29 is 0 Å². The zero-order chi connectivity index (χ0) is 15.4. The highest BCUT2D eigenvalue weighted by Gasteiger charge is 2.09. The third kappa shape index (κ3) is 3.71. The van der Waals surface area contributed by atoms with Crippen LogP contribution in [-0.2, 0) is 0 Å². The molecule has 1 saturated heterocycles. The van der Waals surface area contributed by atoms with E-state index in [2.05, 4.69) is 73.6 Å². The Morgan fingerprint density at radius 1 is 0.909 bits per heavy atom. The Morgan fingerprint density at radius 3 is 2.27 bits per heavy atom. The maximum atomic E-state index is 2.35. The Morgan fingerprint density at radius 2 is 1.59 bits per heavy atom. The maximum absolute atomic E-state index is 2.35. The third-order valence-corrected chi connectivity index (χ3v) is 6.20. The Balaban J connectivity index is 1.93. The maximum Gasteiger partial charge on any atom is 0.0407 e. The lowest BCUT2D eigenvalue weighted by Crippen LogP contribution is -2.07. The van der Waals surface area contributed by atoms with Crippen LogP contribution in [0.15, 0.2) is 52.8 Å². The smallest absolute Gasteiger partial charge is 0.0407 e. The number of hydrogen-bond donors (Lipinski definition) is 0. The van der Waals surface area contributed by atoms with Crippen molar-refractivity contribution in [2.75, 3.05) is 30.5 Å². The molecular weight excluding hydrogens is 306 g/mol. The van der Waals surface area contributed by atoms with Crippen LogP contribution in [0.2, 0.25) is 0 Å². The van der Waals surface area contributed by atoms with Crippen molar-refractivity contribution in [3.8, 4) is 11.1 Å². The van der Waals surface area contributed by atoms with Gasteiger partial charge in [-0.3, -0.25) is 0 Å². The van der Waals surface area contributed by atoms with E-state index in [0.29, 0.717) is 0 Å². The molecule has 0 atom stereocenters. The summed E-state index contributed by atoms with van der Waals surface area (Å²) in [6, 6.07) is 17.5. The molecule has 0 aliphatic carbocycles. The van der Waals surface area contributed by atoms with Crippen LogP contribution >= 0.6 is 23.5 Å². The predicted molar refractivity (Wildman–Crippen MR) is 104 cm³/mol. The summed E-state index contributed by atoms with van der Waals surface area (Å²) in [6.45, 7) is 0. The quantitative estimate of drug-likeness (QED) is 0.723. The van der Waals surface area contributed by atoms with Crippen LogP contribution in [0.3, 0.4) is 0 Å². The molecule has 1 heterocycles. The standard InChI is InChI=1S/C19H21NS2/c1-20(2)17-10-8-15(9-11-17)18-7-4-3-6-16(18)14-19-21-12-5-13-22-19/h3-4,6-11,14H,5,12-13H2,1-2H3. The van der Waals surface area contributed by atoms with Gasteiger partial charge in [0.05, 0.1) is 0 Å². The fourth-order valence-corrected chi connectivity index (χ4v) is 4.90. The molecule has 114 valence electrons. The molecule has 0 N–H and O–H groups in total. The molecule has 0 unspecified atom stereocenters. The second-order valence-corrected chi connectivity index (χ2v) is 8.07. The van der Waals surface area contributed by atoms with Crippen molar-refractivity contribution in [2.24, 2.45) is 0 Å². The van der Waals surface area contributed by atoms with Gasteiger partial charge >= 0.3 is 0 Å². The monoisotopic (exact) mass is 327 g/mol. The van der Waals surface area contributed by atoms with Crippen LogP contribution in [0, 0.1) is 0 Å². The Kier molecular flexibility index (Phi) is 5.16. The molecule has 1 fully saturated rings. The Bertz CT molecular complexity index is 651. The van der Waals surface area contributed by atoms with E-state index >= 15 is 0 Å². The largest absolute Gasteiger partial charge is 0.378 e. The molecule has 2 aromatic carbocycles. The first kappa shape index (κ1) is 15.6. The molecule has 0 saturated carbocycles. The van der Waals surface area contributed by atoms with Gasteiger partial charge in [-0.2, -0.15) is 0 Å². The number of rotatable bonds is 3. The normalized spacial score (nSPS) is 14.7. The van der Waals surface area contributed by atoms with Crippen molar-refractivity contribution in [1.29, 1.82) is 0 Å². The summed E-state index contributed by atoms with van der Waals surface area (Å²) in [5.74, 6) is 2.50. The van der Waals surface area contributed by atoms with E-state index in [4.69, 9.17) is 0 Å². The van der Waals surface area contributed by atoms with Crippen LogP contribution in [0.1, 0.15) is 12.0 Å². The summed E-state index contributed by atoms with van der Waals surface area (Å²) in [7, 11) is 4.15. The van der Waals surface area contributed by atoms with Crippen LogP contribution in [0.5, 0.6) is 0 Å². The van der Waals surface area contributed by atoms with Crippen LogP contribution in [-0.4, -0.2) is 25.6 Å². The van der Waals surface area contributed by atoms with Crippen molar-refractivity contribution in [3.05, 3.63) is 58.3 Å². The minimum atomic E-state index is 1.23. The highest BCUT2D eigenvalue weighted by molar-refractivity contribution is 8.23. The van der Waals surface area contributed by atoms with Gasteiger partial charge in [-0.05, 0) is 52.8 Å². The first-order chi connectivity index (χ1) is 10.7. The van der Waals surface area contributed by atoms with E-state index in [9.17, 15) is 0 Å². The number of anilines is 1. The highest BCUT2D eigenvalue weighted by atomic mass is 32.2. The van der Waals surface area contributed by atoms with Gasteiger partial charge < -0.3 is 4.90 Å². The van der Waals surface area contributed by atoms with Gasteiger partial charge in [0.1, 0.15) is 0 Å². The summed E-state index contributed by atoms with van der Waals surface area (Å²) >= 11 is 3.97. The van der Waals surface area contributed by atoms with E-state index in [-0.39, 0.29) is 0 Å². The molecule has 0 bridgehead atoms. The first-order valence-corrected chi connectivity index (χ1v) is 9.55. The van der Waals surface area contributed by atoms with E-state index < -0.39 is 0 Å². The molecule has 1 nitrogen and oxygen atoms in total. The molecule has 3 heteroatoms. The number of nitrogens with zero attached hydrogens (tertiary/aromatic N) is 1. The molecular formula is C19H21NS2. The fraction of sp³-hybridized carbons (Fsp3) is 0.263. The average molecular weight is 328 g/mol. The van der Waals surface area contributed by atoms with Gasteiger partial charge in [-0.15, -0.1) is 23.5 Å². The lowest BCUT2D eigenvalue weighted by molar-refractivity contribution is 1.12. The second-order valence-electron chi connectivity index (χ2n) is 5.54. The SMILES string of the molecule is CN(C)c1ccc(-c2ccccc2C=C2SCCCS2)cc1. The van der Waals surface area contributed by atoms with Gasteiger partial charge in [0, 0.05) is 24.0 Å². The molecule has 0 aromatic heterocycles. The molecule has 0 radical (unpaired) electrons. The lowest BCUT2D eigenvalue weighted by atomic mass is 9.99. The number of hydrogen-bond acceptors (Lipinski definition) is 3. The molecule has 3 rings (SSSR count). The third-order valence-electron chi connectivity index (χ3n) is 3.71. The molecule has 2 aromatic rings. The van der Waals surface area contributed by atoms with Gasteiger partial charge in [0.2, 0.25) is 0 Å². The van der Waals surface area contributed by atoms with Crippen LogP contribution in [0.4, 0.5) is 5.69 Å². The first-order valence-electron chi connectivity index (χ1n) is 7.58. The number of benzene rings is 2. The van der Waals surface area contributed by atoms with Crippen molar-refractivity contribution in [3.63, 3.8) is 0 Å². The summed E-state index contributed by atoms with van der Waals surface area (Å²) in [6.07, 6.45) is 3.67. The Labute approximate surface area is 141 Å². The van der Waals surface area contributed by atoms with Gasteiger partial charge in [0.15, 0.2) is 0 Å². The minimum Gasteiger partial charge on any atom is -0.378 e. The molecule has 22 heavy (non-hydrogen) atoms. The van der Waals surface area contributed by atoms with E-state index in [1.165, 1.54) is 44.5 Å². The lowest BCUT2D eigenvalue weighted by Gasteiger charge is -2.15. The summed E-state index contributed by atoms with van der Waals surface area (Å²) < 4.78 is 1.45. The van der Waals surface area contributed by atoms with E-state index in [0.717, 1.165) is 0 Å². The summed E-state index contributed by atoms with van der Waals surface area (Å²) in [4.78, 5) is 2.13. The topological polar surface area (TPSA) is 3.24 Å². The molecule has 0 amide bonds. The van der Waals surface area contributed by atoms with Crippen molar-refractivity contribution in [1.82, 2.24) is 0 Å². The van der Waals surface area contributed by atoms with E-state index in [1.54, 1.807) is 0 Å². The van der Waals surface area contributed by atoms with Gasteiger partial charge in [-0.25, -0.2) is 0 Å². The molecule has 1 aliphatic heterocycles. The number of thioether (sulfide) groups is 2. The molecule has 1 aliphatic rings. The van der Waals surface area contributed by atoms with Crippen molar-refractivity contribution >= 4 is 35.3 Å². The second kappa shape index (κ2) is 7.30. The van der Waals surface area contributed by atoms with Crippen molar-refractivity contribution in [2.45, 2.75) is 6.42 Å². The zero-order valence-corrected chi connectivity index (χ0v) is 14.7. The molecule has 0 spiro atoms. The van der Waals surface area contributed by atoms with Gasteiger partial charge in [-0.1, -0.05) is 36.4 Å². The average Bonchev–Trinajstić information content (AvgIpc) is 2.56. The predicted octanol–water partition coefficient (Wildman–Crippen LogP) is 5.59. The van der Waals surface area contributed by atoms with E-state index in [1.807, 2.05) is 23.5 Å².